The van der Waals surface area contributed by atoms with Crippen LogP contribution < -0.4 is 0 Å². The van der Waals surface area contributed by atoms with Crippen molar-refractivity contribution in [2.24, 2.45) is 5.92 Å². The first-order chi connectivity index (χ1) is 11.1. The van der Waals surface area contributed by atoms with Gasteiger partial charge in [0.15, 0.2) is 11.6 Å². The molecular formula is C21H24F2. The fourth-order valence-corrected chi connectivity index (χ4v) is 3.62. The highest BCUT2D eigenvalue weighted by atomic mass is 19.2. The highest BCUT2D eigenvalue weighted by Gasteiger charge is 2.18. The van der Waals surface area contributed by atoms with Gasteiger partial charge in [0.1, 0.15) is 0 Å². The third-order valence-electron chi connectivity index (χ3n) is 5.23. The van der Waals surface area contributed by atoms with Crippen LogP contribution in [0.25, 0.3) is 11.1 Å². The lowest BCUT2D eigenvalue weighted by Gasteiger charge is -2.15. The van der Waals surface area contributed by atoms with Crippen molar-refractivity contribution in [3.63, 3.8) is 0 Å². The van der Waals surface area contributed by atoms with Crippen LogP contribution in [0.15, 0.2) is 36.4 Å². The molecule has 3 rings (SSSR count). The lowest BCUT2D eigenvalue weighted by molar-refractivity contribution is 0.499. The zero-order valence-electron chi connectivity index (χ0n) is 13.9. The molecule has 1 fully saturated rings. The Morgan fingerprint density at radius 3 is 2.30 bits per heavy atom. The van der Waals surface area contributed by atoms with Crippen LogP contribution in [-0.2, 0) is 0 Å². The Hall–Kier alpha value is -1.70. The summed E-state index contributed by atoms with van der Waals surface area (Å²) in [5.41, 5.74) is 2.76. The molecule has 0 aromatic heterocycles. The Bertz CT molecular complexity index is 673. The van der Waals surface area contributed by atoms with E-state index in [9.17, 15) is 8.78 Å². The molecule has 1 aliphatic carbocycles. The Morgan fingerprint density at radius 1 is 0.826 bits per heavy atom. The van der Waals surface area contributed by atoms with E-state index in [1.807, 2.05) is 12.1 Å². The van der Waals surface area contributed by atoms with Gasteiger partial charge in [-0.1, -0.05) is 62.6 Å². The summed E-state index contributed by atoms with van der Waals surface area (Å²) in [4.78, 5) is 0. The third-order valence-corrected chi connectivity index (χ3v) is 5.23. The van der Waals surface area contributed by atoms with E-state index in [2.05, 4.69) is 19.1 Å². The van der Waals surface area contributed by atoms with Crippen molar-refractivity contribution in [1.82, 2.24) is 0 Å². The van der Waals surface area contributed by atoms with Gasteiger partial charge >= 0.3 is 0 Å². The molecule has 122 valence electrons. The van der Waals surface area contributed by atoms with Gasteiger partial charge in [-0.15, -0.1) is 0 Å². The SMILES string of the molecule is Cc1ccc(-c2ccc(C3CCCC(C)CC3)cc2)c(F)c1F. The molecule has 0 radical (unpaired) electrons. The highest BCUT2D eigenvalue weighted by Crippen LogP contribution is 2.35. The van der Waals surface area contributed by atoms with Gasteiger partial charge in [0.05, 0.1) is 0 Å². The fraction of sp³-hybridized carbons (Fsp3) is 0.429. The molecule has 2 unspecified atom stereocenters. The zero-order valence-corrected chi connectivity index (χ0v) is 13.9. The zero-order chi connectivity index (χ0) is 16.4. The van der Waals surface area contributed by atoms with Crippen LogP contribution in [-0.4, -0.2) is 0 Å². The van der Waals surface area contributed by atoms with Crippen molar-refractivity contribution >= 4 is 0 Å². The number of hydrogen-bond donors (Lipinski definition) is 0. The maximum absolute atomic E-state index is 14.1. The quantitative estimate of drug-likeness (QED) is 0.546. The van der Waals surface area contributed by atoms with Crippen molar-refractivity contribution < 1.29 is 8.78 Å². The number of halogens is 2. The van der Waals surface area contributed by atoms with E-state index >= 15 is 0 Å². The molecule has 0 spiro atoms. The molecule has 0 saturated heterocycles. The number of hydrogen-bond acceptors (Lipinski definition) is 0. The van der Waals surface area contributed by atoms with Crippen molar-refractivity contribution in [1.29, 1.82) is 0 Å². The topological polar surface area (TPSA) is 0 Å². The Labute approximate surface area is 137 Å². The second-order valence-corrected chi connectivity index (χ2v) is 6.99. The second-order valence-electron chi connectivity index (χ2n) is 6.99. The van der Waals surface area contributed by atoms with Crippen molar-refractivity contribution in [2.75, 3.05) is 0 Å². The number of rotatable bonds is 2. The van der Waals surface area contributed by atoms with Crippen LogP contribution in [0.4, 0.5) is 8.78 Å². The number of aryl methyl sites for hydroxylation is 1. The normalized spacial score (nSPS) is 21.9. The summed E-state index contributed by atoms with van der Waals surface area (Å²) in [6.45, 7) is 3.92. The molecule has 2 aromatic rings. The predicted molar refractivity (Wildman–Crippen MR) is 91.5 cm³/mol. The minimum absolute atomic E-state index is 0.342. The highest BCUT2D eigenvalue weighted by molar-refractivity contribution is 5.65. The van der Waals surface area contributed by atoms with E-state index < -0.39 is 11.6 Å². The predicted octanol–water partition coefficient (Wildman–Crippen LogP) is 6.62. The van der Waals surface area contributed by atoms with Gasteiger partial charge in [-0.3, -0.25) is 0 Å². The largest absolute Gasteiger partial charge is 0.203 e. The monoisotopic (exact) mass is 314 g/mol. The van der Waals surface area contributed by atoms with Gasteiger partial charge in [0, 0.05) is 5.56 Å². The van der Waals surface area contributed by atoms with Gasteiger partial charge in [0.2, 0.25) is 0 Å². The summed E-state index contributed by atoms with van der Waals surface area (Å²) < 4.78 is 27.9. The molecule has 0 N–H and O–H groups in total. The molecule has 1 saturated carbocycles. The molecular weight excluding hydrogens is 290 g/mol. The van der Waals surface area contributed by atoms with Gasteiger partial charge in [0.25, 0.3) is 0 Å². The Kier molecular flexibility index (Phi) is 4.79. The van der Waals surface area contributed by atoms with Gasteiger partial charge in [-0.05, 0) is 48.3 Å². The molecule has 1 aliphatic rings. The molecule has 23 heavy (non-hydrogen) atoms. The van der Waals surface area contributed by atoms with Crippen LogP contribution >= 0.6 is 0 Å². The standard InChI is InChI=1S/C21H24F2/c1-14-4-3-5-16(8-6-14)17-9-11-18(12-10-17)19-13-7-15(2)20(22)21(19)23/h7,9-14,16H,3-6,8H2,1-2H3. The minimum atomic E-state index is -0.749. The van der Waals surface area contributed by atoms with Crippen LogP contribution in [0.3, 0.4) is 0 Å². The maximum atomic E-state index is 14.1. The second kappa shape index (κ2) is 6.82. The molecule has 2 heteroatoms. The molecule has 2 atom stereocenters. The Balaban J connectivity index is 1.84. The van der Waals surface area contributed by atoms with Crippen LogP contribution in [0.2, 0.25) is 0 Å². The van der Waals surface area contributed by atoms with E-state index in [0.717, 1.165) is 11.5 Å². The fourth-order valence-electron chi connectivity index (χ4n) is 3.62. The summed E-state index contributed by atoms with van der Waals surface area (Å²) >= 11 is 0. The van der Waals surface area contributed by atoms with Gasteiger partial charge in [-0.2, -0.15) is 0 Å². The van der Waals surface area contributed by atoms with Crippen molar-refractivity contribution in [2.45, 2.75) is 51.9 Å². The van der Waals surface area contributed by atoms with Crippen molar-refractivity contribution in [3.05, 3.63) is 59.2 Å². The van der Waals surface area contributed by atoms with E-state index in [1.165, 1.54) is 37.7 Å². The van der Waals surface area contributed by atoms with Crippen LogP contribution in [0, 0.1) is 24.5 Å². The van der Waals surface area contributed by atoms with E-state index in [-0.39, 0.29) is 0 Å². The van der Waals surface area contributed by atoms with Crippen molar-refractivity contribution in [3.8, 4) is 11.1 Å². The average molecular weight is 314 g/mol. The molecule has 0 bridgehead atoms. The van der Waals surface area contributed by atoms with E-state index in [4.69, 9.17) is 0 Å². The summed E-state index contributed by atoms with van der Waals surface area (Å²) in [5.74, 6) is -0.0668. The lowest BCUT2D eigenvalue weighted by atomic mass is 9.90. The molecule has 0 nitrogen and oxygen atoms in total. The first kappa shape index (κ1) is 16.2. The molecule has 0 heterocycles. The summed E-state index contributed by atoms with van der Waals surface area (Å²) in [7, 11) is 0. The molecule has 0 aliphatic heterocycles. The van der Waals surface area contributed by atoms with E-state index in [0.29, 0.717) is 17.0 Å². The van der Waals surface area contributed by atoms with E-state index in [1.54, 1.807) is 19.1 Å². The smallest absolute Gasteiger partial charge is 0.166 e. The average Bonchev–Trinajstić information content (AvgIpc) is 2.78. The number of benzene rings is 2. The Morgan fingerprint density at radius 2 is 1.57 bits per heavy atom. The van der Waals surface area contributed by atoms with Crippen LogP contribution in [0.1, 0.15) is 56.1 Å². The lowest BCUT2D eigenvalue weighted by Crippen LogP contribution is -1.98. The maximum Gasteiger partial charge on any atom is 0.166 e. The van der Waals surface area contributed by atoms with Gasteiger partial charge in [-0.25, -0.2) is 8.78 Å². The van der Waals surface area contributed by atoms with Gasteiger partial charge < -0.3 is 0 Å². The first-order valence-electron chi connectivity index (χ1n) is 8.61. The summed E-state index contributed by atoms with van der Waals surface area (Å²) in [6, 6.07) is 11.3. The first-order valence-corrected chi connectivity index (χ1v) is 8.61. The minimum Gasteiger partial charge on any atom is -0.203 e. The summed E-state index contributed by atoms with van der Waals surface area (Å²) in [5, 5.41) is 0. The summed E-state index contributed by atoms with van der Waals surface area (Å²) in [6.07, 6.45) is 6.35. The molecule has 2 aromatic carbocycles. The molecule has 0 amide bonds. The van der Waals surface area contributed by atoms with Crippen LogP contribution in [0.5, 0.6) is 0 Å². The third kappa shape index (κ3) is 3.46.